The second kappa shape index (κ2) is 9.89. The zero-order valence-electron chi connectivity index (χ0n) is 12.7. The maximum absolute atomic E-state index is 11.8. The van der Waals surface area contributed by atoms with Gasteiger partial charge in [0.25, 0.3) is 0 Å². The Bertz CT molecular complexity index is 332. The van der Waals surface area contributed by atoms with Crippen LogP contribution >= 0.6 is 0 Å². The molecule has 0 N–H and O–H groups in total. The van der Waals surface area contributed by atoms with Gasteiger partial charge in [0.1, 0.15) is 0 Å². The SMILES string of the molecule is CCCCCCCCCC(CC)c1ccccc1[O]. The lowest BCUT2D eigenvalue weighted by Crippen LogP contribution is -1.97. The average Bonchev–Trinajstić information content (AvgIpc) is 2.43. The van der Waals surface area contributed by atoms with Crippen LogP contribution in [0.5, 0.6) is 5.75 Å². The van der Waals surface area contributed by atoms with E-state index in [9.17, 15) is 5.11 Å². The molecule has 0 heterocycles. The molecule has 1 unspecified atom stereocenters. The van der Waals surface area contributed by atoms with Gasteiger partial charge in [-0.05, 0) is 24.8 Å². The summed E-state index contributed by atoms with van der Waals surface area (Å²) >= 11 is 0. The molecule has 1 heteroatoms. The molecule has 107 valence electrons. The van der Waals surface area contributed by atoms with Crippen molar-refractivity contribution in [1.29, 1.82) is 0 Å². The minimum absolute atomic E-state index is 0.220. The fraction of sp³-hybridized carbons (Fsp3) is 0.667. The van der Waals surface area contributed by atoms with Gasteiger partial charge in [0.2, 0.25) is 0 Å². The Morgan fingerprint density at radius 2 is 1.53 bits per heavy atom. The molecule has 0 bridgehead atoms. The first kappa shape index (κ1) is 16.1. The van der Waals surface area contributed by atoms with Crippen molar-refractivity contribution in [2.75, 3.05) is 0 Å². The molecule has 1 atom stereocenters. The van der Waals surface area contributed by atoms with E-state index in [-0.39, 0.29) is 5.75 Å². The van der Waals surface area contributed by atoms with Crippen LogP contribution in [-0.2, 0) is 5.11 Å². The predicted molar refractivity (Wildman–Crippen MR) is 82.2 cm³/mol. The smallest absolute Gasteiger partial charge is 0.182 e. The Morgan fingerprint density at radius 3 is 2.16 bits per heavy atom. The van der Waals surface area contributed by atoms with E-state index < -0.39 is 0 Å². The summed E-state index contributed by atoms with van der Waals surface area (Å²) in [5.74, 6) is 0.682. The van der Waals surface area contributed by atoms with E-state index in [1.165, 1.54) is 51.4 Å². The highest BCUT2D eigenvalue weighted by Crippen LogP contribution is 2.32. The van der Waals surface area contributed by atoms with E-state index >= 15 is 0 Å². The Balaban J connectivity index is 2.24. The second-order valence-electron chi connectivity index (χ2n) is 5.55. The molecule has 1 aromatic carbocycles. The highest BCUT2D eigenvalue weighted by molar-refractivity contribution is 5.34. The summed E-state index contributed by atoms with van der Waals surface area (Å²) in [6.07, 6.45) is 11.6. The summed E-state index contributed by atoms with van der Waals surface area (Å²) in [7, 11) is 0. The van der Waals surface area contributed by atoms with Crippen molar-refractivity contribution < 1.29 is 5.11 Å². The van der Waals surface area contributed by atoms with Crippen LogP contribution in [0.15, 0.2) is 24.3 Å². The van der Waals surface area contributed by atoms with Crippen LogP contribution in [0.4, 0.5) is 0 Å². The maximum atomic E-state index is 11.8. The Morgan fingerprint density at radius 1 is 0.895 bits per heavy atom. The lowest BCUT2D eigenvalue weighted by atomic mass is 9.90. The first-order valence-corrected chi connectivity index (χ1v) is 8.05. The highest BCUT2D eigenvalue weighted by Gasteiger charge is 2.13. The largest absolute Gasteiger partial charge is 0.290 e. The number of unbranched alkanes of at least 4 members (excludes halogenated alkanes) is 6. The summed E-state index contributed by atoms with van der Waals surface area (Å²) in [6, 6.07) is 7.54. The third kappa shape index (κ3) is 6.13. The minimum atomic E-state index is 0.220. The van der Waals surface area contributed by atoms with Crippen LogP contribution in [0.3, 0.4) is 0 Å². The molecule has 0 saturated carbocycles. The van der Waals surface area contributed by atoms with E-state index in [4.69, 9.17) is 0 Å². The monoisotopic (exact) mass is 261 g/mol. The molecule has 0 aliphatic heterocycles. The van der Waals surface area contributed by atoms with Gasteiger partial charge in [-0.2, -0.15) is 0 Å². The molecule has 0 aliphatic rings. The fourth-order valence-electron chi connectivity index (χ4n) is 2.75. The lowest BCUT2D eigenvalue weighted by Gasteiger charge is -2.15. The molecular formula is C18H29O. The number of hydrogen-bond acceptors (Lipinski definition) is 0. The van der Waals surface area contributed by atoms with Gasteiger partial charge in [-0.1, -0.05) is 77.0 Å². The van der Waals surface area contributed by atoms with Gasteiger partial charge in [-0.3, -0.25) is 5.11 Å². The molecule has 0 aliphatic carbocycles. The van der Waals surface area contributed by atoms with Crippen molar-refractivity contribution in [3.8, 4) is 5.75 Å². The highest BCUT2D eigenvalue weighted by atomic mass is 16.3. The zero-order chi connectivity index (χ0) is 13.9. The van der Waals surface area contributed by atoms with E-state index in [1.54, 1.807) is 6.07 Å². The van der Waals surface area contributed by atoms with Crippen LogP contribution in [0.25, 0.3) is 0 Å². The fourth-order valence-corrected chi connectivity index (χ4v) is 2.75. The van der Waals surface area contributed by atoms with Gasteiger partial charge >= 0.3 is 0 Å². The van der Waals surface area contributed by atoms with Crippen LogP contribution in [0.2, 0.25) is 0 Å². The molecular weight excluding hydrogens is 232 g/mol. The van der Waals surface area contributed by atoms with Crippen molar-refractivity contribution in [3.05, 3.63) is 29.8 Å². The third-order valence-corrected chi connectivity index (χ3v) is 4.01. The number of rotatable bonds is 10. The molecule has 0 saturated heterocycles. The molecule has 0 amide bonds. The first-order valence-electron chi connectivity index (χ1n) is 8.05. The predicted octanol–water partition coefficient (Wildman–Crippen LogP) is 6.46. The van der Waals surface area contributed by atoms with E-state index in [0.29, 0.717) is 5.92 Å². The van der Waals surface area contributed by atoms with Gasteiger partial charge in [-0.15, -0.1) is 0 Å². The van der Waals surface area contributed by atoms with Gasteiger partial charge in [-0.25, -0.2) is 0 Å². The van der Waals surface area contributed by atoms with Crippen molar-refractivity contribution in [3.63, 3.8) is 0 Å². The van der Waals surface area contributed by atoms with Gasteiger partial charge in [0.05, 0.1) is 0 Å². The van der Waals surface area contributed by atoms with Crippen molar-refractivity contribution in [2.45, 2.75) is 77.6 Å². The summed E-state index contributed by atoms with van der Waals surface area (Å²) in [5, 5.41) is 11.8. The topological polar surface area (TPSA) is 19.9 Å². The molecule has 0 fully saturated rings. The molecule has 19 heavy (non-hydrogen) atoms. The average molecular weight is 261 g/mol. The molecule has 0 spiro atoms. The maximum Gasteiger partial charge on any atom is 0.182 e. The summed E-state index contributed by atoms with van der Waals surface area (Å²) < 4.78 is 0. The Labute approximate surface area is 119 Å². The van der Waals surface area contributed by atoms with E-state index in [1.807, 2.05) is 18.2 Å². The minimum Gasteiger partial charge on any atom is -0.290 e. The number of para-hydroxylation sites is 1. The lowest BCUT2D eigenvalue weighted by molar-refractivity contribution is 0.344. The van der Waals surface area contributed by atoms with Gasteiger partial charge in [0, 0.05) is 5.56 Å². The van der Waals surface area contributed by atoms with Crippen LogP contribution in [0, 0.1) is 0 Å². The van der Waals surface area contributed by atoms with E-state index in [0.717, 1.165) is 12.0 Å². The first-order chi connectivity index (χ1) is 9.29. The van der Waals surface area contributed by atoms with Crippen molar-refractivity contribution in [1.82, 2.24) is 0 Å². The van der Waals surface area contributed by atoms with Crippen LogP contribution in [-0.4, -0.2) is 0 Å². The van der Waals surface area contributed by atoms with Crippen molar-refractivity contribution in [2.24, 2.45) is 0 Å². The number of hydrogen-bond donors (Lipinski definition) is 0. The standard InChI is InChI=1S/C18H29O/c1-3-5-6-7-8-9-10-13-16(4-2)17-14-11-12-15-18(17)19/h11-12,14-16H,3-10,13H2,1-2H3. The number of benzene rings is 1. The summed E-state index contributed by atoms with van der Waals surface area (Å²) in [5.41, 5.74) is 1.02. The summed E-state index contributed by atoms with van der Waals surface area (Å²) in [6.45, 7) is 4.45. The Kier molecular flexibility index (Phi) is 8.36. The Hall–Kier alpha value is -0.980. The normalized spacial score (nSPS) is 12.5. The van der Waals surface area contributed by atoms with Gasteiger partial charge in [0.15, 0.2) is 5.75 Å². The van der Waals surface area contributed by atoms with Crippen LogP contribution < -0.4 is 0 Å². The third-order valence-electron chi connectivity index (χ3n) is 4.01. The van der Waals surface area contributed by atoms with Gasteiger partial charge < -0.3 is 0 Å². The summed E-state index contributed by atoms with van der Waals surface area (Å²) in [4.78, 5) is 0. The van der Waals surface area contributed by atoms with E-state index in [2.05, 4.69) is 13.8 Å². The molecule has 1 aromatic rings. The quantitative estimate of drug-likeness (QED) is 0.430. The molecule has 0 aromatic heterocycles. The molecule has 1 rings (SSSR count). The zero-order valence-corrected chi connectivity index (χ0v) is 12.7. The molecule has 1 nitrogen and oxygen atoms in total. The van der Waals surface area contributed by atoms with Crippen LogP contribution in [0.1, 0.15) is 83.1 Å². The molecule has 1 radical (unpaired) electrons. The second-order valence-corrected chi connectivity index (χ2v) is 5.55. The van der Waals surface area contributed by atoms with Crippen molar-refractivity contribution >= 4 is 0 Å².